The van der Waals surface area contributed by atoms with Crippen molar-refractivity contribution in [3.63, 3.8) is 0 Å². The lowest BCUT2D eigenvalue weighted by Gasteiger charge is -2.35. The third-order valence-corrected chi connectivity index (χ3v) is 3.78. The van der Waals surface area contributed by atoms with Crippen LogP contribution in [0.2, 0.25) is 0 Å². The van der Waals surface area contributed by atoms with Gasteiger partial charge in [-0.3, -0.25) is 9.69 Å². The molecule has 0 amide bonds. The van der Waals surface area contributed by atoms with Crippen molar-refractivity contribution in [3.05, 3.63) is 35.9 Å². The second-order valence-corrected chi connectivity index (χ2v) is 5.11. The molecular formula is C15H22N2O2. The Morgan fingerprint density at radius 1 is 1.42 bits per heavy atom. The summed E-state index contributed by atoms with van der Waals surface area (Å²) in [5, 5.41) is 3.53. The van der Waals surface area contributed by atoms with Gasteiger partial charge in [-0.15, -0.1) is 0 Å². The van der Waals surface area contributed by atoms with Crippen LogP contribution < -0.4 is 5.32 Å². The Bertz CT molecular complexity index is 408. The van der Waals surface area contributed by atoms with Crippen LogP contribution in [0.15, 0.2) is 30.3 Å². The van der Waals surface area contributed by atoms with Gasteiger partial charge in [-0.1, -0.05) is 30.3 Å². The fourth-order valence-electron chi connectivity index (χ4n) is 2.54. The lowest BCUT2D eigenvalue weighted by molar-refractivity contribution is -0.148. The number of piperidine rings is 1. The van der Waals surface area contributed by atoms with E-state index in [4.69, 9.17) is 4.74 Å². The van der Waals surface area contributed by atoms with E-state index in [1.165, 1.54) is 12.7 Å². The highest BCUT2D eigenvalue weighted by atomic mass is 16.5. The molecule has 0 radical (unpaired) electrons. The number of esters is 1. The van der Waals surface area contributed by atoms with Crippen molar-refractivity contribution in [2.24, 2.45) is 0 Å². The number of likely N-dealkylation sites (N-methyl/N-ethyl adjacent to an activating group) is 1. The summed E-state index contributed by atoms with van der Waals surface area (Å²) >= 11 is 0. The molecule has 2 rings (SSSR count). The third kappa shape index (κ3) is 3.78. The summed E-state index contributed by atoms with van der Waals surface area (Å²) in [4.78, 5) is 13.8. The van der Waals surface area contributed by atoms with Crippen LogP contribution in [0.3, 0.4) is 0 Å². The van der Waals surface area contributed by atoms with E-state index in [1.807, 2.05) is 25.2 Å². The lowest BCUT2D eigenvalue weighted by atomic mass is 9.97. The largest absolute Gasteiger partial charge is 0.468 e. The summed E-state index contributed by atoms with van der Waals surface area (Å²) in [5.74, 6) is -0.131. The first-order valence-electron chi connectivity index (χ1n) is 6.76. The summed E-state index contributed by atoms with van der Waals surface area (Å²) in [6, 6.07) is 10.6. The number of carbonyl (C=O) groups is 1. The zero-order valence-electron chi connectivity index (χ0n) is 11.6. The van der Waals surface area contributed by atoms with E-state index >= 15 is 0 Å². The Morgan fingerprint density at radius 3 is 2.84 bits per heavy atom. The van der Waals surface area contributed by atoms with Crippen molar-refractivity contribution in [1.82, 2.24) is 10.2 Å². The number of carbonyl (C=O) groups excluding carboxylic acids is 1. The molecule has 1 fully saturated rings. The highest BCUT2D eigenvalue weighted by Crippen LogP contribution is 2.17. The second kappa shape index (κ2) is 6.68. The minimum absolute atomic E-state index is 0.118. The number of likely N-dealkylation sites (tertiary alicyclic amines) is 1. The molecule has 1 N–H and O–H groups in total. The minimum atomic E-state index is -0.131. The molecule has 19 heavy (non-hydrogen) atoms. The van der Waals surface area contributed by atoms with Crippen LogP contribution in [-0.2, 0) is 16.1 Å². The van der Waals surface area contributed by atoms with Gasteiger partial charge < -0.3 is 10.1 Å². The van der Waals surface area contributed by atoms with E-state index in [1.54, 1.807) is 0 Å². The van der Waals surface area contributed by atoms with Gasteiger partial charge in [0, 0.05) is 19.1 Å². The third-order valence-electron chi connectivity index (χ3n) is 3.78. The van der Waals surface area contributed by atoms with Gasteiger partial charge >= 0.3 is 5.97 Å². The van der Waals surface area contributed by atoms with Crippen molar-refractivity contribution in [2.75, 3.05) is 20.7 Å². The molecule has 1 aromatic rings. The Hall–Kier alpha value is -1.39. The van der Waals surface area contributed by atoms with Gasteiger partial charge in [0.05, 0.1) is 7.11 Å². The van der Waals surface area contributed by atoms with Crippen LogP contribution in [0.1, 0.15) is 18.4 Å². The van der Waals surface area contributed by atoms with E-state index in [9.17, 15) is 4.79 Å². The quantitative estimate of drug-likeness (QED) is 0.833. The molecule has 1 aliphatic heterocycles. The predicted octanol–water partition coefficient (Wildman–Crippen LogP) is 1.41. The molecule has 1 aliphatic rings. The Morgan fingerprint density at radius 2 is 2.16 bits per heavy atom. The van der Waals surface area contributed by atoms with Crippen molar-refractivity contribution in [1.29, 1.82) is 0 Å². The fourth-order valence-corrected chi connectivity index (χ4v) is 2.54. The van der Waals surface area contributed by atoms with Crippen molar-refractivity contribution in [2.45, 2.75) is 31.5 Å². The molecular weight excluding hydrogens is 240 g/mol. The van der Waals surface area contributed by atoms with Crippen LogP contribution in [0, 0.1) is 0 Å². The molecule has 0 aliphatic carbocycles. The first-order chi connectivity index (χ1) is 9.20. The average Bonchev–Trinajstić information content (AvgIpc) is 2.46. The SMILES string of the molecule is COC(=O)C1CC(NCc2ccccc2)CCN1C. The van der Waals surface area contributed by atoms with E-state index in [-0.39, 0.29) is 12.0 Å². The first-order valence-corrected chi connectivity index (χ1v) is 6.76. The van der Waals surface area contributed by atoms with Crippen LogP contribution in [0.5, 0.6) is 0 Å². The van der Waals surface area contributed by atoms with Crippen molar-refractivity contribution < 1.29 is 9.53 Å². The number of hydrogen-bond donors (Lipinski definition) is 1. The standard InChI is InChI=1S/C15H22N2O2/c1-17-9-8-13(10-14(17)15(18)19-2)16-11-12-6-4-3-5-7-12/h3-7,13-14,16H,8-11H2,1-2H3. The molecule has 4 heteroatoms. The average molecular weight is 262 g/mol. The van der Waals surface area contributed by atoms with Gasteiger partial charge in [-0.25, -0.2) is 0 Å². The van der Waals surface area contributed by atoms with Crippen LogP contribution in [0.4, 0.5) is 0 Å². The Balaban J connectivity index is 1.86. The molecule has 0 saturated carbocycles. The summed E-state index contributed by atoms with van der Waals surface area (Å²) < 4.78 is 4.86. The van der Waals surface area contributed by atoms with E-state index in [2.05, 4.69) is 22.3 Å². The number of methoxy groups -OCH3 is 1. The van der Waals surface area contributed by atoms with E-state index in [0.29, 0.717) is 6.04 Å². The molecule has 0 bridgehead atoms. The highest BCUT2D eigenvalue weighted by Gasteiger charge is 2.31. The lowest BCUT2D eigenvalue weighted by Crippen LogP contribution is -2.50. The van der Waals surface area contributed by atoms with Crippen molar-refractivity contribution >= 4 is 5.97 Å². The number of nitrogens with one attached hydrogen (secondary N) is 1. The van der Waals surface area contributed by atoms with Gasteiger partial charge in [0.1, 0.15) is 6.04 Å². The Kier molecular flexibility index (Phi) is 4.93. The molecule has 1 aromatic carbocycles. The summed E-state index contributed by atoms with van der Waals surface area (Å²) in [6.07, 6.45) is 1.88. The highest BCUT2D eigenvalue weighted by molar-refractivity contribution is 5.75. The summed E-state index contributed by atoms with van der Waals surface area (Å²) in [7, 11) is 3.44. The fraction of sp³-hybridized carbons (Fsp3) is 0.533. The number of hydrogen-bond acceptors (Lipinski definition) is 4. The van der Waals surface area contributed by atoms with Crippen LogP contribution in [0.25, 0.3) is 0 Å². The maximum absolute atomic E-state index is 11.7. The maximum atomic E-state index is 11.7. The second-order valence-electron chi connectivity index (χ2n) is 5.11. The molecule has 2 unspecified atom stereocenters. The number of benzene rings is 1. The number of nitrogens with zero attached hydrogens (tertiary/aromatic N) is 1. The van der Waals surface area contributed by atoms with Gasteiger partial charge in [-0.2, -0.15) is 0 Å². The van der Waals surface area contributed by atoms with Crippen LogP contribution >= 0.6 is 0 Å². The van der Waals surface area contributed by atoms with Gasteiger partial charge in [0.15, 0.2) is 0 Å². The van der Waals surface area contributed by atoms with E-state index < -0.39 is 0 Å². The topological polar surface area (TPSA) is 41.6 Å². The number of ether oxygens (including phenoxy) is 1. The van der Waals surface area contributed by atoms with Crippen molar-refractivity contribution in [3.8, 4) is 0 Å². The zero-order chi connectivity index (χ0) is 13.7. The summed E-state index contributed by atoms with van der Waals surface area (Å²) in [5.41, 5.74) is 1.27. The predicted molar refractivity (Wildman–Crippen MR) is 74.7 cm³/mol. The van der Waals surface area contributed by atoms with Gasteiger partial charge in [0.2, 0.25) is 0 Å². The molecule has 1 saturated heterocycles. The zero-order valence-corrected chi connectivity index (χ0v) is 11.6. The molecule has 1 heterocycles. The van der Waals surface area contributed by atoms with Gasteiger partial charge in [0.25, 0.3) is 0 Å². The van der Waals surface area contributed by atoms with Crippen LogP contribution in [-0.4, -0.2) is 43.7 Å². The monoisotopic (exact) mass is 262 g/mol. The summed E-state index contributed by atoms with van der Waals surface area (Å²) in [6.45, 7) is 1.77. The molecule has 104 valence electrons. The molecule has 0 aromatic heterocycles. The normalized spacial score (nSPS) is 24.1. The van der Waals surface area contributed by atoms with Gasteiger partial charge in [-0.05, 0) is 25.5 Å². The smallest absolute Gasteiger partial charge is 0.323 e. The molecule has 0 spiro atoms. The first kappa shape index (κ1) is 14.0. The molecule has 4 nitrogen and oxygen atoms in total. The minimum Gasteiger partial charge on any atom is -0.468 e. The Labute approximate surface area is 114 Å². The molecule has 2 atom stereocenters. The van der Waals surface area contributed by atoms with E-state index in [0.717, 1.165) is 25.9 Å². The maximum Gasteiger partial charge on any atom is 0.323 e. The number of rotatable bonds is 4.